The molecule has 2 aliphatic rings. The summed E-state index contributed by atoms with van der Waals surface area (Å²) < 4.78 is 4.20. The lowest BCUT2D eigenvalue weighted by molar-refractivity contribution is -0.140. The Morgan fingerprint density at radius 2 is 2.12 bits per heavy atom. The standard InChI is InChI=1S/C13H17BrO3/c1-12(2)5-8(4-9(15)6-12)10-7-13(10,14)11(16)17-3/h4,10H,5-7H2,1-3H3/t10-,13-/m0/s1. The van der Waals surface area contributed by atoms with Crippen molar-refractivity contribution in [3.05, 3.63) is 11.6 Å². The van der Waals surface area contributed by atoms with E-state index in [1.807, 2.05) is 0 Å². The summed E-state index contributed by atoms with van der Waals surface area (Å²) in [6.45, 7) is 4.18. The summed E-state index contributed by atoms with van der Waals surface area (Å²) in [4.78, 5) is 23.3. The SMILES string of the molecule is COC(=O)[C@]1(Br)C[C@H]1C1=CC(=O)CC(C)(C)C1. The van der Waals surface area contributed by atoms with E-state index >= 15 is 0 Å². The summed E-state index contributed by atoms with van der Waals surface area (Å²) in [5, 5.41) is 0. The number of methoxy groups -OCH3 is 1. The fourth-order valence-electron chi connectivity index (χ4n) is 2.68. The molecule has 0 aromatic carbocycles. The predicted molar refractivity (Wildman–Crippen MR) is 67.9 cm³/mol. The highest BCUT2D eigenvalue weighted by Crippen LogP contribution is 2.58. The average molecular weight is 301 g/mol. The summed E-state index contributed by atoms with van der Waals surface area (Å²) >= 11 is 3.45. The van der Waals surface area contributed by atoms with Gasteiger partial charge in [0, 0.05) is 12.3 Å². The summed E-state index contributed by atoms with van der Waals surface area (Å²) in [6.07, 6.45) is 3.93. The molecule has 0 N–H and O–H groups in total. The van der Waals surface area contributed by atoms with Crippen molar-refractivity contribution < 1.29 is 14.3 Å². The van der Waals surface area contributed by atoms with E-state index in [0.717, 1.165) is 18.4 Å². The van der Waals surface area contributed by atoms with Crippen molar-refractivity contribution >= 4 is 27.7 Å². The van der Waals surface area contributed by atoms with E-state index in [2.05, 4.69) is 29.8 Å². The van der Waals surface area contributed by atoms with Crippen LogP contribution in [0, 0.1) is 11.3 Å². The van der Waals surface area contributed by atoms with Gasteiger partial charge >= 0.3 is 5.97 Å². The number of halogens is 1. The van der Waals surface area contributed by atoms with Crippen LogP contribution >= 0.6 is 15.9 Å². The smallest absolute Gasteiger partial charge is 0.323 e. The molecule has 0 aromatic rings. The Hall–Kier alpha value is -0.640. The number of carbonyl (C=O) groups excluding carboxylic acids is 2. The molecule has 2 rings (SSSR count). The lowest BCUT2D eigenvalue weighted by Crippen LogP contribution is -2.25. The van der Waals surface area contributed by atoms with Crippen molar-refractivity contribution in [3.8, 4) is 0 Å². The normalized spacial score (nSPS) is 35.2. The zero-order chi connectivity index (χ0) is 12.8. The van der Waals surface area contributed by atoms with Gasteiger partial charge in [-0.15, -0.1) is 0 Å². The largest absolute Gasteiger partial charge is 0.468 e. The molecule has 2 aliphatic carbocycles. The lowest BCUT2D eigenvalue weighted by atomic mass is 9.75. The van der Waals surface area contributed by atoms with E-state index in [0.29, 0.717) is 6.42 Å². The molecule has 0 aromatic heterocycles. The highest BCUT2D eigenvalue weighted by molar-refractivity contribution is 9.10. The number of ether oxygens (including phenoxy) is 1. The molecule has 0 radical (unpaired) electrons. The molecule has 2 atom stereocenters. The van der Waals surface area contributed by atoms with Gasteiger partial charge < -0.3 is 4.74 Å². The molecule has 0 amide bonds. The van der Waals surface area contributed by atoms with Crippen molar-refractivity contribution in [2.24, 2.45) is 11.3 Å². The summed E-state index contributed by atoms with van der Waals surface area (Å²) in [5.74, 6) is 0.0561. The Labute approximate surface area is 110 Å². The first kappa shape index (κ1) is 12.8. The van der Waals surface area contributed by atoms with Crippen LogP contribution in [0.2, 0.25) is 0 Å². The third-order valence-corrected chi connectivity index (χ3v) is 4.75. The summed E-state index contributed by atoms with van der Waals surface area (Å²) in [7, 11) is 1.39. The third-order valence-electron chi connectivity index (χ3n) is 3.55. The molecule has 3 nitrogen and oxygen atoms in total. The van der Waals surface area contributed by atoms with Crippen LogP contribution in [0.4, 0.5) is 0 Å². The van der Waals surface area contributed by atoms with Crippen LogP contribution in [-0.4, -0.2) is 23.2 Å². The van der Waals surface area contributed by atoms with Gasteiger partial charge in [-0.2, -0.15) is 0 Å². The summed E-state index contributed by atoms with van der Waals surface area (Å²) in [5.41, 5.74) is 1.10. The van der Waals surface area contributed by atoms with Gasteiger partial charge in [-0.25, -0.2) is 0 Å². The van der Waals surface area contributed by atoms with Crippen LogP contribution in [0.1, 0.15) is 33.1 Å². The van der Waals surface area contributed by atoms with E-state index in [9.17, 15) is 9.59 Å². The molecular formula is C13H17BrO3. The maximum absolute atomic E-state index is 11.7. The summed E-state index contributed by atoms with van der Waals surface area (Å²) in [6, 6.07) is 0. The van der Waals surface area contributed by atoms with Gasteiger partial charge in [0.05, 0.1) is 7.11 Å². The van der Waals surface area contributed by atoms with Crippen LogP contribution in [0.3, 0.4) is 0 Å². The van der Waals surface area contributed by atoms with Crippen LogP contribution in [0.15, 0.2) is 11.6 Å². The fraction of sp³-hybridized carbons (Fsp3) is 0.692. The van der Waals surface area contributed by atoms with E-state index in [-0.39, 0.29) is 23.1 Å². The van der Waals surface area contributed by atoms with Gasteiger partial charge in [-0.05, 0) is 24.3 Å². The quantitative estimate of drug-likeness (QED) is 0.582. The van der Waals surface area contributed by atoms with Gasteiger partial charge in [0.15, 0.2) is 5.78 Å². The lowest BCUT2D eigenvalue weighted by Gasteiger charge is -2.29. The first-order valence-electron chi connectivity index (χ1n) is 5.79. The molecule has 0 bridgehead atoms. The minimum absolute atomic E-state index is 0.00772. The number of ketones is 1. The molecule has 1 saturated carbocycles. The van der Waals surface area contributed by atoms with E-state index in [4.69, 9.17) is 4.74 Å². The Morgan fingerprint density at radius 1 is 1.47 bits per heavy atom. The number of esters is 1. The van der Waals surface area contributed by atoms with Crippen molar-refractivity contribution in [1.82, 2.24) is 0 Å². The predicted octanol–water partition coefficient (Wildman–Crippen LogP) is 2.63. The Bertz CT molecular complexity index is 411. The van der Waals surface area contributed by atoms with Gasteiger partial charge in [0.25, 0.3) is 0 Å². The first-order chi connectivity index (χ1) is 7.78. The van der Waals surface area contributed by atoms with Crippen LogP contribution in [0.5, 0.6) is 0 Å². The van der Waals surface area contributed by atoms with Gasteiger partial charge in [0.2, 0.25) is 0 Å². The topological polar surface area (TPSA) is 43.4 Å². The number of allylic oxidation sites excluding steroid dienone is 2. The second-order valence-corrected chi connectivity index (χ2v) is 7.23. The number of alkyl halides is 1. The Kier molecular flexibility index (Phi) is 2.97. The Balaban J connectivity index is 2.16. The third kappa shape index (κ3) is 2.32. The van der Waals surface area contributed by atoms with Crippen molar-refractivity contribution in [1.29, 1.82) is 0 Å². The van der Waals surface area contributed by atoms with Crippen molar-refractivity contribution in [3.63, 3.8) is 0 Å². The molecular weight excluding hydrogens is 284 g/mol. The van der Waals surface area contributed by atoms with Gasteiger partial charge in [0.1, 0.15) is 4.32 Å². The zero-order valence-corrected chi connectivity index (χ0v) is 12.0. The first-order valence-corrected chi connectivity index (χ1v) is 6.58. The van der Waals surface area contributed by atoms with Crippen LogP contribution in [-0.2, 0) is 14.3 Å². The number of hydrogen-bond donors (Lipinski definition) is 0. The monoisotopic (exact) mass is 300 g/mol. The minimum Gasteiger partial charge on any atom is -0.468 e. The minimum atomic E-state index is -0.582. The number of carbonyl (C=O) groups is 2. The molecule has 0 heterocycles. The second-order valence-electron chi connectivity index (χ2n) is 5.81. The van der Waals surface area contributed by atoms with Crippen molar-refractivity contribution in [2.75, 3.05) is 7.11 Å². The van der Waals surface area contributed by atoms with E-state index in [1.54, 1.807) is 6.08 Å². The number of hydrogen-bond acceptors (Lipinski definition) is 3. The van der Waals surface area contributed by atoms with Gasteiger partial charge in [-0.1, -0.05) is 35.4 Å². The van der Waals surface area contributed by atoms with E-state index in [1.165, 1.54) is 7.11 Å². The fourth-order valence-corrected chi connectivity index (χ4v) is 3.46. The van der Waals surface area contributed by atoms with Crippen LogP contribution < -0.4 is 0 Å². The maximum atomic E-state index is 11.7. The maximum Gasteiger partial charge on any atom is 0.323 e. The second kappa shape index (κ2) is 3.94. The molecule has 94 valence electrons. The Morgan fingerprint density at radius 3 is 2.65 bits per heavy atom. The molecule has 17 heavy (non-hydrogen) atoms. The molecule has 1 fully saturated rings. The van der Waals surface area contributed by atoms with Crippen molar-refractivity contribution in [2.45, 2.75) is 37.4 Å². The molecule has 0 saturated heterocycles. The molecule has 4 heteroatoms. The highest BCUT2D eigenvalue weighted by Gasteiger charge is 2.61. The van der Waals surface area contributed by atoms with Crippen LogP contribution in [0.25, 0.3) is 0 Å². The van der Waals surface area contributed by atoms with E-state index < -0.39 is 4.32 Å². The molecule has 0 unspecified atom stereocenters. The zero-order valence-electron chi connectivity index (χ0n) is 10.4. The average Bonchev–Trinajstić information content (AvgIpc) is 2.88. The molecule has 0 spiro atoms. The molecule has 0 aliphatic heterocycles. The highest BCUT2D eigenvalue weighted by atomic mass is 79.9. The number of rotatable bonds is 2. The van der Waals surface area contributed by atoms with Gasteiger partial charge in [-0.3, -0.25) is 9.59 Å².